The van der Waals surface area contributed by atoms with E-state index in [1.165, 1.54) is 20.6 Å². The van der Waals surface area contributed by atoms with Gasteiger partial charge < -0.3 is 19.1 Å². The number of nitrogens with one attached hydrogen (secondary N) is 1. The number of aliphatic imine (C=N–C) groups is 1. The summed E-state index contributed by atoms with van der Waals surface area (Å²) in [6, 6.07) is 27.9. The van der Waals surface area contributed by atoms with E-state index in [0.717, 1.165) is 29.3 Å². The number of ether oxygens (including phenoxy) is 1. The smallest absolute Gasteiger partial charge is 0.285 e. The van der Waals surface area contributed by atoms with Crippen molar-refractivity contribution >= 4 is 40.4 Å². The lowest BCUT2D eigenvalue weighted by Crippen LogP contribution is -2.47. The Morgan fingerprint density at radius 3 is 2.53 bits per heavy atom. The van der Waals surface area contributed by atoms with Crippen LogP contribution < -0.4 is 15.4 Å². The molecule has 0 radical (unpaired) electrons. The quantitative estimate of drug-likeness (QED) is 0.275. The number of amides is 2. The number of aromatic amines is 1. The lowest BCUT2D eigenvalue weighted by Gasteiger charge is -2.28. The van der Waals surface area contributed by atoms with Gasteiger partial charge in [0.1, 0.15) is 5.82 Å². The molecule has 2 aliphatic rings. The molecular formula is C33H29N5O5. The van der Waals surface area contributed by atoms with Crippen LogP contribution in [0.5, 0.6) is 0 Å². The summed E-state index contributed by atoms with van der Waals surface area (Å²) in [6.07, 6.45) is 1.44. The average molecular weight is 576 g/mol. The van der Waals surface area contributed by atoms with E-state index in [-0.39, 0.29) is 12.1 Å². The molecule has 0 saturated carbocycles. The van der Waals surface area contributed by atoms with Crippen LogP contribution in [0.3, 0.4) is 0 Å². The summed E-state index contributed by atoms with van der Waals surface area (Å²) in [5.41, 5.74) is 3.15. The molecular weight excluding hydrogens is 546 g/mol. The van der Waals surface area contributed by atoms with E-state index in [4.69, 9.17) is 14.3 Å². The Bertz CT molecular complexity index is 1850. The van der Waals surface area contributed by atoms with Gasteiger partial charge in [0.25, 0.3) is 11.5 Å². The minimum atomic E-state index is -1.25. The highest BCUT2D eigenvalue weighted by Crippen LogP contribution is 2.33. The number of H-pyrrole nitrogens is 1. The fourth-order valence-corrected chi connectivity index (χ4v) is 5.77. The maximum absolute atomic E-state index is 14.5. The summed E-state index contributed by atoms with van der Waals surface area (Å²) in [6.45, 7) is 0.514. The number of carbonyl (C=O) groups excluding carboxylic acids is 2. The molecule has 2 unspecified atom stereocenters. The Morgan fingerprint density at radius 1 is 0.953 bits per heavy atom. The molecule has 2 aromatic heterocycles. The zero-order chi connectivity index (χ0) is 29.3. The third-order valence-corrected chi connectivity index (χ3v) is 7.85. The SMILES string of the molecule is O=CN(c1cc2ccccc2[nH]1)C1N=C(c2ccccc2)c2ccccc2N(Cc2cc(=O)n(C3CCCCO3)o2)C1=O. The first-order valence-corrected chi connectivity index (χ1v) is 14.3. The van der Waals surface area contributed by atoms with Gasteiger partial charge in [-0.15, -0.1) is 4.74 Å². The van der Waals surface area contributed by atoms with Crippen LogP contribution in [0.25, 0.3) is 10.9 Å². The zero-order valence-corrected chi connectivity index (χ0v) is 23.3. The van der Waals surface area contributed by atoms with Gasteiger partial charge in [-0.2, -0.15) is 0 Å². The number of fused-ring (bicyclic) bond motifs is 2. The van der Waals surface area contributed by atoms with Crippen LogP contribution in [0.4, 0.5) is 11.5 Å². The van der Waals surface area contributed by atoms with Gasteiger partial charge in [-0.3, -0.25) is 19.3 Å². The number of para-hydroxylation sites is 2. The Kier molecular flexibility index (Phi) is 6.96. The second kappa shape index (κ2) is 11.2. The normalized spacial score (nSPS) is 18.7. The van der Waals surface area contributed by atoms with E-state index in [1.54, 1.807) is 0 Å². The standard InChI is InChI=1S/C33H29N5O5/c39-21-37(28-18-23-12-4-6-14-26(23)34-28)32-33(41)36(20-24-19-29(40)38(43-24)30-16-8-9-17-42-30)27-15-7-5-13-25(27)31(35-32)22-10-2-1-3-11-22/h1-7,10-15,18-19,21,30,32,34H,8-9,16-17,20H2. The lowest BCUT2D eigenvalue weighted by molar-refractivity contribution is -0.121. The molecule has 1 N–H and O–H groups in total. The van der Waals surface area contributed by atoms with Crippen molar-refractivity contribution < 1.29 is 18.8 Å². The maximum Gasteiger partial charge on any atom is 0.285 e. The molecule has 1 saturated heterocycles. The predicted octanol–water partition coefficient (Wildman–Crippen LogP) is 5.00. The van der Waals surface area contributed by atoms with Crippen LogP contribution in [-0.4, -0.2) is 40.5 Å². The average Bonchev–Trinajstić information content (AvgIpc) is 3.62. The van der Waals surface area contributed by atoms with Crippen molar-refractivity contribution in [1.82, 2.24) is 9.72 Å². The van der Waals surface area contributed by atoms with E-state index in [1.807, 2.05) is 84.9 Å². The molecule has 0 bridgehead atoms. The third-order valence-electron chi connectivity index (χ3n) is 7.85. The molecule has 2 atom stereocenters. The van der Waals surface area contributed by atoms with E-state index >= 15 is 0 Å². The maximum atomic E-state index is 14.5. The molecule has 10 heteroatoms. The highest BCUT2D eigenvalue weighted by molar-refractivity contribution is 6.20. The van der Waals surface area contributed by atoms with Crippen molar-refractivity contribution in [3.63, 3.8) is 0 Å². The molecule has 7 rings (SSSR count). The Hall–Kier alpha value is -5.22. The largest absolute Gasteiger partial charge is 0.376 e. The molecule has 43 heavy (non-hydrogen) atoms. The summed E-state index contributed by atoms with van der Waals surface area (Å²) >= 11 is 0. The lowest BCUT2D eigenvalue weighted by atomic mass is 10.0. The summed E-state index contributed by atoms with van der Waals surface area (Å²) < 4.78 is 13.0. The Morgan fingerprint density at radius 2 is 1.74 bits per heavy atom. The number of anilines is 2. The highest BCUT2D eigenvalue weighted by Gasteiger charge is 2.37. The zero-order valence-electron chi connectivity index (χ0n) is 23.3. The van der Waals surface area contributed by atoms with Crippen LogP contribution in [0.15, 0.2) is 105 Å². The number of hydrogen-bond acceptors (Lipinski definition) is 6. The first kappa shape index (κ1) is 26.7. The van der Waals surface area contributed by atoms with Crippen LogP contribution in [0, 0.1) is 0 Å². The molecule has 4 heterocycles. The third kappa shape index (κ3) is 4.95. The fraction of sp³-hybridized carbons (Fsp3) is 0.212. The molecule has 10 nitrogen and oxygen atoms in total. The topological polar surface area (TPSA) is 113 Å². The van der Waals surface area contributed by atoms with E-state index in [9.17, 15) is 14.4 Å². The van der Waals surface area contributed by atoms with E-state index in [2.05, 4.69) is 4.98 Å². The molecule has 3 aromatic carbocycles. The predicted molar refractivity (Wildman–Crippen MR) is 162 cm³/mol. The van der Waals surface area contributed by atoms with Gasteiger partial charge in [-0.05, 0) is 37.5 Å². The summed E-state index contributed by atoms with van der Waals surface area (Å²) in [7, 11) is 0. The van der Waals surface area contributed by atoms with Crippen LogP contribution >= 0.6 is 0 Å². The van der Waals surface area contributed by atoms with Crippen molar-refractivity contribution in [1.29, 1.82) is 0 Å². The highest BCUT2D eigenvalue weighted by atomic mass is 16.6. The monoisotopic (exact) mass is 575 g/mol. The number of carbonyl (C=O) groups is 2. The van der Waals surface area contributed by atoms with Gasteiger partial charge in [0.2, 0.25) is 12.6 Å². The summed E-state index contributed by atoms with van der Waals surface area (Å²) in [5, 5.41) is 0.894. The van der Waals surface area contributed by atoms with E-state index in [0.29, 0.717) is 48.0 Å². The van der Waals surface area contributed by atoms with Gasteiger partial charge in [-0.1, -0.05) is 66.7 Å². The molecule has 2 amide bonds. The number of rotatable bonds is 7. The molecule has 0 aliphatic carbocycles. The van der Waals surface area contributed by atoms with Crippen LogP contribution in [0.1, 0.15) is 42.4 Å². The van der Waals surface area contributed by atoms with Crippen molar-refractivity contribution in [2.45, 2.75) is 38.2 Å². The summed E-state index contributed by atoms with van der Waals surface area (Å²) in [5.74, 6) is 0.282. The number of nitrogens with zero attached hydrogens (tertiary/aromatic N) is 4. The number of aromatic nitrogens is 2. The molecule has 0 spiro atoms. The van der Waals surface area contributed by atoms with Crippen LogP contribution in [0.2, 0.25) is 0 Å². The molecule has 1 fully saturated rings. The van der Waals surface area contributed by atoms with Gasteiger partial charge in [0.05, 0.1) is 17.9 Å². The Labute approximate surface area is 246 Å². The fourth-order valence-electron chi connectivity index (χ4n) is 5.77. The van der Waals surface area contributed by atoms with Gasteiger partial charge in [0, 0.05) is 34.7 Å². The molecule has 2 aliphatic heterocycles. The minimum Gasteiger partial charge on any atom is -0.376 e. The van der Waals surface area contributed by atoms with Crippen molar-refractivity contribution in [3.8, 4) is 0 Å². The first-order chi connectivity index (χ1) is 21.1. The Balaban J connectivity index is 1.35. The summed E-state index contributed by atoms with van der Waals surface area (Å²) in [4.78, 5) is 51.2. The van der Waals surface area contributed by atoms with Crippen molar-refractivity contribution in [2.24, 2.45) is 4.99 Å². The van der Waals surface area contributed by atoms with Gasteiger partial charge in [-0.25, -0.2) is 4.99 Å². The number of hydrogen-bond donors (Lipinski definition) is 1. The molecule has 5 aromatic rings. The molecule has 216 valence electrons. The second-order valence-electron chi connectivity index (χ2n) is 10.6. The number of benzene rings is 3. The van der Waals surface area contributed by atoms with Gasteiger partial charge in [0.15, 0.2) is 12.0 Å². The number of benzodiazepines with no additional fused rings is 1. The van der Waals surface area contributed by atoms with Crippen molar-refractivity contribution in [2.75, 3.05) is 16.4 Å². The van der Waals surface area contributed by atoms with E-state index < -0.39 is 18.3 Å². The van der Waals surface area contributed by atoms with Gasteiger partial charge >= 0.3 is 0 Å². The van der Waals surface area contributed by atoms with Crippen molar-refractivity contribution in [3.05, 3.63) is 118 Å². The minimum absolute atomic E-state index is 0.0434. The van der Waals surface area contributed by atoms with Crippen LogP contribution in [-0.2, 0) is 20.9 Å². The first-order valence-electron chi connectivity index (χ1n) is 14.3. The second-order valence-corrected chi connectivity index (χ2v) is 10.6.